The summed E-state index contributed by atoms with van der Waals surface area (Å²) in [4.78, 5) is -0.0116. The smallest absolute Gasteiger partial charge is 0.282 e. The van der Waals surface area contributed by atoms with Gasteiger partial charge in [-0.25, -0.2) is 0 Å². The molecule has 0 spiro atoms. The topological polar surface area (TPSA) is 54.4 Å². The fraction of sp³-hybridized carbons (Fsp3) is 0.385. The Hall–Kier alpha value is -1.13. The van der Waals surface area contributed by atoms with Crippen LogP contribution in [0.3, 0.4) is 0 Å². The highest BCUT2D eigenvalue weighted by molar-refractivity contribution is 7.85. The Labute approximate surface area is 105 Å². The molecule has 3 nitrogen and oxygen atoms in total. The molecule has 0 bridgehead atoms. The molecular formula is C13H22O3S. The largest absolute Gasteiger partial charge is 0.294 e. The van der Waals surface area contributed by atoms with Crippen molar-refractivity contribution in [2.45, 2.75) is 39.5 Å². The molecule has 1 aromatic carbocycles. The second kappa shape index (κ2) is 8.96. The molecule has 98 valence electrons. The van der Waals surface area contributed by atoms with Crippen molar-refractivity contribution in [2.75, 3.05) is 0 Å². The average molecular weight is 258 g/mol. The van der Waals surface area contributed by atoms with Crippen LogP contribution in [0.4, 0.5) is 0 Å². The molecule has 0 atom stereocenters. The van der Waals surface area contributed by atoms with E-state index < -0.39 is 10.1 Å². The highest BCUT2D eigenvalue weighted by atomic mass is 32.2. The first kappa shape index (κ1) is 18.2. The van der Waals surface area contributed by atoms with Crippen LogP contribution >= 0.6 is 0 Å². The SMILES string of the molecule is C=CC.CC.Cc1ccc(C)c(S(=O)(=O)O)c1. The zero-order valence-corrected chi connectivity index (χ0v) is 12.0. The number of hydrogen-bond acceptors (Lipinski definition) is 2. The first-order valence-corrected chi connectivity index (χ1v) is 6.88. The minimum absolute atomic E-state index is 0.0116. The summed E-state index contributed by atoms with van der Waals surface area (Å²) in [5.74, 6) is 0. The van der Waals surface area contributed by atoms with E-state index in [2.05, 4.69) is 6.58 Å². The van der Waals surface area contributed by atoms with Crippen molar-refractivity contribution >= 4 is 10.1 Å². The van der Waals surface area contributed by atoms with Crippen LogP contribution in [0.2, 0.25) is 0 Å². The molecule has 0 saturated heterocycles. The Kier molecular flexibility index (Phi) is 9.61. The van der Waals surface area contributed by atoms with Crippen LogP contribution in [0.25, 0.3) is 0 Å². The van der Waals surface area contributed by atoms with Gasteiger partial charge in [-0.15, -0.1) is 6.58 Å². The Bertz CT molecular complexity index is 434. The van der Waals surface area contributed by atoms with Crippen LogP contribution in [-0.2, 0) is 10.1 Å². The molecule has 0 radical (unpaired) electrons. The van der Waals surface area contributed by atoms with Crippen molar-refractivity contribution in [2.24, 2.45) is 0 Å². The molecule has 0 amide bonds. The van der Waals surface area contributed by atoms with Gasteiger partial charge >= 0.3 is 0 Å². The number of rotatable bonds is 1. The summed E-state index contributed by atoms with van der Waals surface area (Å²) in [5, 5.41) is 0. The lowest BCUT2D eigenvalue weighted by Gasteiger charge is -2.02. The van der Waals surface area contributed by atoms with Crippen LogP contribution in [0.5, 0.6) is 0 Å². The molecule has 0 saturated carbocycles. The summed E-state index contributed by atoms with van der Waals surface area (Å²) in [7, 11) is -4.06. The number of aryl methyl sites for hydroxylation is 2. The minimum atomic E-state index is -4.06. The summed E-state index contributed by atoms with van der Waals surface area (Å²) in [6.45, 7) is 12.7. The van der Waals surface area contributed by atoms with E-state index in [1.54, 1.807) is 32.1 Å². The second-order valence-electron chi connectivity index (χ2n) is 3.15. The molecule has 17 heavy (non-hydrogen) atoms. The average Bonchev–Trinajstić information content (AvgIpc) is 2.24. The Morgan fingerprint density at radius 3 is 1.94 bits per heavy atom. The van der Waals surface area contributed by atoms with Crippen molar-refractivity contribution in [1.82, 2.24) is 0 Å². The van der Waals surface area contributed by atoms with Gasteiger partial charge in [0.25, 0.3) is 10.1 Å². The standard InChI is InChI=1S/C8H10O3S.C3H6.C2H6/c1-6-3-4-7(2)8(5-6)12(9,10)11;1-3-2;1-2/h3-5H,1-2H3,(H,9,10,11);3H,1H2,2H3;1-2H3. The predicted molar refractivity (Wildman–Crippen MR) is 72.9 cm³/mol. The van der Waals surface area contributed by atoms with Crippen molar-refractivity contribution < 1.29 is 13.0 Å². The monoisotopic (exact) mass is 258 g/mol. The molecule has 0 aromatic heterocycles. The van der Waals surface area contributed by atoms with Gasteiger partial charge in [-0.1, -0.05) is 32.1 Å². The van der Waals surface area contributed by atoms with E-state index in [9.17, 15) is 8.42 Å². The molecule has 1 aromatic rings. The van der Waals surface area contributed by atoms with E-state index in [1.165, 1.54) is 6.07 Å². The molecular weight excluding hydrogens is 236 g/mol. The van der Waals surface area contributed by atoms with Gasteiger partial charge in [0.2, 0.25) is 0 Å². The summed E-state index contributed by atoms with van der Waals surface area (Å²) in [6, 6.07) is 4.91. The molecule has 1 rings (SSSR count). The van der Waals surface area contributed by atoms with Gasteiger partial charge in [0, 0.05) is 0 Å². The number of benzene rings is 1. The maximum Gasteiger partial charge on any atom is 0.294 e. The lowest BCUT2D eigenvalue weighted by molar-refractivity contribution is 0.482. The number of allylic oxidation sites excluding steroid dienone is 1. The van der Waals surface area contributed by atoms with Crippen molar-refractivity contribution in [3.8, 4) is 0 Å². The third-order valence-corrected chi connectivity index (χ3v) is 2.62. The predicted octanol–water partition coefficient (Wildman–Crippen LogP) is 3.77. The van der Waals surface area contributed by atoms with E-state index in [4.69, 9.17) is 4.55 Å². The summed E-state index contributed by atoms with van der Waals surface area (Å²) < 4.78 is 30.3. The van der Waals surface area contributed by atoms with E-state index in [1.807, 2.05) is 20.8 Å². The molecule has 1 N–H and O–H groups in total. The molecule has 4 heteroatoms. The van der Waals surface area contributed by atoms with Crippen LogP contribution in [0.15, 0.2) is 35.7 Å². The first-order valence-electron chi connectivity index (χ1n) is 5.44. The molecule has 0 aliphatic rings. The van der Waals surface area contributed by atoms with Crippen LogP contribution in [-0.4, -0.2) is 13.0 Å². The van der Waals surface area contributed by atoms with Crippen LogP contribution in [0, 0.1) is 13.8 Å². The zero-order valence-electron chi connectivity index (χ0n) is 11.2. The normalized spacial score (nSPS) is 9.29. The summed E-state index contributed by atoms with van der Waals surface area (Å²) >= 11 is 0. The van der Waals surface area contributed by atoms with Gasteiger partial charge in [-0.3, -0.25) is 4.55 Å². The molecule has 0 unspecified atom stereocenters. The van der Waals surface area contributed by atoms with Gasteiger partial charge in [-0.2, -0.15) is 8.42 Å². The van der Waals surface area contributed by atoms with Gasteiger partial charge in [-0.05, 0) is 38.0 Å². The van der Waals surface area contributed by atoms with Crippen LogP contribution < -0.4 is 0 Å². The van der Waals surface area contributed by atoms with E-state index >= 15 is 0 Å². The van der Waals surface area contributed by atoms with Crippen molar-refractivity contribution in [3.05, 3.63) is 42.0 Å². The molecule has 0 heterocycles. The highest BCUT2D eigenvalue weighted by Gasteiger charge is 2.11. The first-order chi connectivity index (χ1) is 7.82. The zero-order chi connectivity index (χ0) is 14.1. The molecule has 0 aliphatic heterocycles. The maximum absolute atomic E-state index is 10.8. The van der Waals surface area contributed by atoms with E-state index in [0.717, 1.165) is 5.56 Å². The van der Waals surface area contributed by atoms with E-state index in [0.29, 0.717) is 5.56 Å². The van der Waals surface area contributed by atoms with Gasteiger partial charge in [0.1, 0.15) is 0 Å². The van der Waals surface area contributed by atoms with Crippen molar-refractivity contribution in [3.63, 3.8) is 0 Å². The Morgan fingerprint density at radius 1 is 1.24 bits per heavy atom. The summed E-state index contributed by atoms with van der Waals surface area (Å²) in [5.41, 5.74) is 1.37. The minimum Gasteiger partial charge on any atom is -0.282 e. The van der Waals surface area contributed by atoms with Gasteiger partial charge in [0.15, 0.2) is 0 Å². The fourth-order valence-electron chi connectivity index (χ4n) is 0.985. The highest BCUT2D eigenvalue weighted by Crippen LogP contribution is 2.15. The lowest BCUT2D eigenvalue weighted by atomic mass is 10.2. The Morgan fingerprint density at radius 2 is 1.65 bits per heavy atom. The van der Waals surface area contributed by atoms with Crippen molar-refractivity contribution in [1.29, 1.82) is 0 Å². The number of hydrogen-bond donors (Lipinski definition) is 1. The maximum atomic E-state index is 10.8. The van der Waals surface area contributed by atoms with Gasteiger partial charge in [0.05, 0.1) is 4.90 Å². The quantitative estimate of drug-likeness (QED) is 0.616. The third kappa shape index (κ3) is 7.71. The Balaban J connectivity index is 0. The lowest BCUT2D eigenvalue weighted by Crippen LogP contribution is -2.00. The molecule has 0 fully saturated rings. The third-order valence-electron chi connectivity index (χ3n) is 1.62. The molecule has 0 aliphatic carbocycles. The summed E-state index contributed by atoms with van der Waals surface area (Å²) in [6.07, 6.45) is 1.75. The fourth-order valence-corrected chi connectivity index (χ4v) is 1.79. The second-order valence-corrected chi connectivity index (χ2v) is 4.54. The van der Waals surface area contributed by atoms with Crippen LogP contribution in [0.1, 0.15) is 31.9 Å². The van der Waals surface area contributed by atoms with E-state index in [-0.39, 0.29) is 4.90 Å². The van der Waals surface area contributed by atoms with Gasteiger partial charge < -0.3 is 0 Å².